The summed E-state index contributed by atoms with van der Waals surface area (Å²) in [6.07, 6.45) is 2.16. The number of aliphatic hydroxyl groups excluding tert-OH is 2. The summed E-state index contributed by atoms with van der Waals surface area (Å²) in [5, 5.41) is 18.9. The summed E-state index contributed by atoms with van der Waals surface area (Å²) >= 11 is 0. The van der Waals surface area contributed by atoms with Gasteiger partial charge >= 0.3 is 0 Å². The van der Waals surface area contributed by atoms with Crippen molar-refractivity contribution in [2.45, 2.75) is 13.0 Å². The summed E-state index contributed by atoms with van der Waals surface area (Å²) in [5.41, 5.74) is -0.752. The van der Waals surface area contributed by atoms with Crippen LogP contribution in [0.2, 0.25) is 0 Å². The van der Waals surface area contributed by atoms with E-state index in [0.717, 1.165) is 0 Å². The van der Waals surface area contributed by atoms with Crippen molar-refractivity contribution < 1.29 is 14.6 Å². The molecule has 0 spiro atoms. The first-order valence-electron chi connectivity index (χ1n) is 4.10. The van der Waals surface area contributed by atoms with E-state index in [1.165, 1.54) is 12.3 Å². The molecule has 0 saturated carbocycles. The third-order valence-corrected chi connectivity index (χ3v) is 2.24. The fraction of sp³-hybridized carbons (Fsp3) is 0.400. The van der Waals surface area contributed by atoms with E-state index in [0.29, 0.717) is 5.76 Å². The lowest BCUT2D eigenvalue weighted by Crippen LogP contribution is -2.26. The van der Waals surface area contributed by atoms with Crippen molar-refractivity contribution in [3.05, 3.63) is 36.8 Å². The second kappa shape index (κ2) is 3.77. The van der Waals surface area contributed by atoms with Crippen molar-refractivity contribution in [1.29, 1.82) is 0 Å². The summed E-state index contributed by atoms with van der Waals surface area (Å²) in [4.78, 5) is 0. The zero-order valence-electron chi connectivity index (χ0n) is 7.60. The van der Waals surface area contributed by atoms with Crippen molar-refractivity contribution in [2.24, 2.45) is 5.41 Å². The molecule has 1 aromatic heterocycles. The van der Waals surface area contributed by atoms with E-state index in [1.54, 1.807) is 19.1 Å². The van der Waals surface area contributed by atoms with Crippen LogP contribution in [0.5, 0.6) is 0 Å². The molecule has 0 aromatic carbocycles. The Bertz CT molecular complexity index is 266. The topological polar surface area (TPSA) is 53.6 Å². The molecule has 0 aliphatic carbocycles. The van der Waals surface area contributed by atoms with Gasteiger partial charge in [-0.3, -0.25) is 0 Å². The summed E-state index contributed by atoms with van der Waals surface area (Å²) in [5.74, 6) is 0.441. The molecule has 0 bridgehead atoms. The van der Waals surface area contributed by atoms with E-state index < -0.39 is 11.5 Å². The van der Waals surface area contributed by atoms with Gasteiger partial charge in [0.15, 0.2) is 0 Å². The van der Waals surface area contributed by atoms with Crippen LogP contribution < -0.4 is 0 Å². The van der Waals surface area contributed by atoms with E-state index in [1.807, 2.05) is 0 Å². The first-order chi connectivity index (χ1) is 6.14. The van der Waals surface area contributed by atoms with Crippen LogP contribution in [0.4, 0.5) is 0 Å². The number of aliphatic hydroxyl groups is 2. The number of hydrogen-bond acceptors (Lipinski definition) is 3. The van der Waals surface area contributed by atoms with Gasteiger partial charge in [0, 0.05) is 5.41 Å². The average Bonchev–Trinajstić information content (AvgIpc) is 2.68. The van der Waals surface area contributed by atoms with Gasteiger partial charge < -0.3 is 14.6 Å². The summed E-state index contributed by atoms with van der Waals surface area (Å²) in [6, 6.07) is 3.36. The largest absolute Gasteiger partial charge is 0.467 e. The zero-order valence-corrected chi connectivity index (χ0v) is 7.60. The standard InChI is InChI=1S/C10H14O3/c1-3-10(2,7-11)9(12)8-5-4-6-13-8/h3-6,9,11-12H,1,7H2,2H3/t9-,10-/m0/s1. The highest BCUT2D eigenvalue weighted by molar-refractivity contribution is 5.10. The van der Waals surface area contributed by atoms with Crippen LogP contribution in [0.15, 0.2) is 35.5 Å². The highest BCUT2D eigenvalue weighted by Gasteiger charge is 2.32. The lowest BCUT2D eigenvalue weighted by molar-refractivity contribution is 0.0127. The van der Waals surface area contributed by atoms with E-state index in [2.05, 4.69) is 6.58 Å². The summed E-state index contributed by atoms with van der Waals surface area (Å²) in [6.45, 7) is 5.12. The third-order valence-electron chi connectivity index (χ3n) is 2.24. The molecule has 3 heteroatoms. The fourth-order valence-electron chi connectivity index (χ4n) is 1.03. The maximum atomic E-state index is 9.80. The molecule has 0 fully saturated rings. The van der Waals surface area contributed by atoms with Crippen LogP contribution in [0.1, 0.15) is 18.8 Å². The Morgan fingerprint density at radius 2 is 2.46 bits per heavy atom. The Kier molecular flexibility index (Phi) is 2.90. The van der Waals surface area contributed by atoms with Crippen molar-refractivity contribution in [1.82, 2.24) is 0 Å². The van der Waals surface area contributed by atoms with Crippen molar-refractivity contribution >= 4 is 0 Å². The first kappa shape index (κ1) is 10.0. The fourth-order valence-corrected chi connectivity index (χ4v) is 1.03. The smallest absolute Gasteiger partial charge is 0.133 e. The third kappa shape index (κ3) is 1.82. The van der Waals surface area contributed by atoms with E-state index in [-0.39, 0.29) is 6.61 Å². The van der Waals surface area contributed by atoms with Gasteiger partial charge in [-0.05, 0) is 12.1 Å². The molecule has 1 heterocycles. The first-order valence-corrected chi connectivity index (χ1v) is 4.10. The van der Waals surface area contributed by atoms with Gasteiger partial charge in [0.2, 0.25) is 0 Å². The maximum absolute atomic E-state index is 9.80. The molecule has 0 unspecified atom stereocenters. The monoisotopic (exact) mass is 182 g/mol. The van der Waals surface area contributed by atoms with Gasteiger partial charge in [0.1, 0.15) is 11.9 Å². The lowest BCUT2D eigenvalue weighted by atomic mass is 9.84. The normalized spacial score (nSPS) is 17.8. The van der Waals surface area contributed by atoms with Gasteiger partial charge in [-0.25, -0.2) is 0 Å². The molecule has 0 aliphatic rings. The van der Waals surface area contributed by atoms with Crippen LogP contribution in [-0.4, -0.2) is 16.8 Å². The molecule has 3 nitrogen and oxygen atoms in total. The minimum atomic E-state index is -0.856. The molecule has 2 N–H and O–H groups in total. The predicted octanol–water partition coefficient (Wildman–Crippen LogP) is 1.50. The van der Waals surface area contributed by atoms with Gasteiger partial charge in [-0.15, -0.1) is 6.58 Å². The molecule has 0 aliphatic heterocycles. The van der Waals surface area contributed by atoms with E-state index >= 15 is 0 Å². The Morgan fingerprint density at radius 1 is 1.77 bits per heavy atom. The molecule has 0 radical (unpaired) electrons. The van der Waals surface area contributed by atoms with Gasteiger partial charge in [-0.1, -0.05) is 13.0 Å². The number of rotatable bonds is 4. The highest BCUT2D eigenvalue weighted by Crippen LogP contribution is 2.34. The second-order valence-electron chi connectivity index (χ2n) is 3.29. The van der Waals surface area contributed by atoms with Gasteiger partial charge in [0.05, 0.1) is 12.9 Å². The van der Waals surface area contributed by atoms with E-state index in [9.17, 15) is 5.11 Å². The summed E-state index contributed by atoms with van der Waals surface area (Å²) in [7, 11) is 0. The Balaban J connectivity index is 2.88. The predicted molar refractivity (Wildman–Crippen MR) is 49.1 cm³/mol. The average molecular weight is 182 g/mol. The van der Waals surface area contributed by atoms with E-state index in [4.69, 9.17) is 9.52 Å². The Labute approximate surface area is 77.3 Å². The molecule has 72 valence electrons. The summed E-state index contributed by atoms with van der Waals surface area (Å²) < 4.78 is 5.04. The van der Waals surface area contributed by atoms with Crippen molar-refractivity contribution in [2.75, 3.05) is 6.61 Å². The van der Waals surface area contributed by atoms with Crippen molar-refractivity contribution in [3.8, 4) is 0 Å². The molecular formula is C10H14O3. The van der Waals surface area contributed by atoms with Crippen LogP contribution in [0.3, 0.4) is 0 Å². The quantitative estimate of drug-likeness (QED) is 0.694. The van der Waals surface area contributed by atoms with Crippen molar-refractivity contribution in [3.63, 3.8) is 0 Å². The van der Waals surface area contributed by atoms with Gasteiger partial charge in [-0.2, -0.15) is 0 Å². The molecule has 0 amide bonds. The minimum Gasteiger partial charge on any atom is -0.467 e. The minimum absolute atomic E-state index is 0.168. The van der Waals surface area contributed by atoms with Crippen LogP contribution in [-0.2, 0) is 0 Å². The molecule has 2 atom stereocenters. The Morgan fingerprint density at radius 3 is 2.85 bits per heavy atom. The highest BCUT2D eigenvalue weighted by atomic mass is 16.4. The SMILES string of the molecule is C=C[C@@](C)(CO)[C@@H](O)c1ccco1. The second-order valence-corrected chi connectivity index (χ2v) is 3.29. The molecular weight excluding hydrogens is 168 g/mol. The molecule has 0 saturated heterocycles. The number of furan rings is 1. The van der Waals surface area contributed by atoms with Crippen LogP contribution in [0.25, 0.3) is 0 Å². The Hall–Kier alpha value is -1.06. The number of hydrogen-bond donors (Lipinski definition) is 2. The maximum Gasteiger partial charge on any atom is 0.133 e. The van der Waals surface area contributed by atoms with Crippen LogP contribution in [0, 0.1) is 5.41 Å². The lowest BCUT2D eigenvalue weighted by Gasteiger charge is -2.27. The molecule has 1 aromatic rings. The zero-order chi connectivity index (χ0) is 9.90. The van der Waals surface area contributed by atoms with Crippen LogP contribution >= 0.6 is 0 Å². The molecule has 1 rings (SSSR count). The molecule has 13 heavy (non-hydrogen) atoms. The van der Waals surface area contributed by atoms with Gasteiger partial charge in [0.25, 0.3) is 0 Å².